The lowest BCUT2D eigenvalue weighted by Gasteiger charge is -2.08. The maximum absolute atomic E-state index is 7.78. The molecule has 0 unspecified atom stereocenters. The van der Waals surface area contributed by atoms with E-state index in [1.807, 2.05) is 12.1 Å². The Bertz CT molecular complexity index is 374. The molecule has 0 amide bonds. The summed E-state index contributed by atoms with van der Waals surface area (Å²) in [6.45, 7) is 2.09. The largest absolute Gasteiger partial charge is 0.497 e. The van der Waals surface area contributed by atoms with Crippen molar-refractivity contribution in [2.24, 2.45) is 5.41 Å². The molecule has 1 saturated carbocycles. The van der Waals surface area contributed by atoms with Crippen molar-refractivity contribution < 1.29 is 6.11 Å². The van der Waals surface area contributed by atoms with Crippen molar-refractivity contribution in [3.63, 3.8) is 0 Å². The summed E-state index contributed by atoms with van der Waals surface area (Å²) in [5, 5.41) is -0.723. The minimum absolute atomic E-state index is 0.00547. The highest BCUT2D eigenvalue weighted by Crippen LogP contribution is 2.53. The van der Waals surface area contributed by atoms with Crippen molar-refractivity contribution in [3.8, 4) is 5.75 Å². The lowest BCUT2D eigenvalue weighted by Crippen LogP contribution is -2.00. The summed E-state index contributed by atoms with van der Waals surface area (Å²) >= 11 is 6.01. The van der Waals surface area contributed by atoms with E-state index in [2.05, 4.69) is 19.1 Å². The zero-order valence-corrected chi connectivity index (χ0v) is 9.97. The van der Waals surface area contributed by atoms with E-state index in [4.69, 9.17) is 17.7 Å². The summed E-state index contributed by atoms with van der Waals surface area (Å²) in [6.07, 6.45) is 2.76. The van der Waals surface area contributed by atoms with Gasteiger partial charge in [-0.05, 0) is 42.4 Å². The maximum Gasteiger partial charge on any atom is 0.118 e. The predicted molar refractivity (Wildman–Crippen MR) is 63.7 cm³/mol. The Hall–Kier alpha value is -0.690. The van der Waals surface area contributed by atoms with Crippen LogP contribution in [0.1, 0.15) is 26.7 Å². The number of halogens is 1. The van der Waals surface area contributed by atoms with Gasteiger partial charge in [0.2, 0.25) is 0 Å². The lowest BCUT2D eigenvalue weighted by atomic mass is 9.99. The van der Waals surface area contributed by atoms with Gasteiger partial charge in [0.1, 0.15) is 5.75 Å². The van der Waals surface area contributed by atoms with Gasteiger partial charge in [-0.1, -0.05) is 19.1 Å². The van der Waals surface area contributed by atoms with Crippen molar-refractivity contribution in [1.82, 2.24) is 0 Å². The van der Waals surface area contributed by atoms with Gasteiger partial charge in [0.15, 0.2) is 0 Å². The van der Waals surface area contributed by atoms with E-state index in [9.17, 15) is 0 Å². The van der Waals surface area contributed by atoms with E-state index < -0.39 is 5.35 Å². The van der Waals surface area contributed by atoms with Crippen LogP contribution in [-0.2, 0) is 6.42 Å². The number of rotatable bonds is 4. The van der Waals surface area contributed by atoms with Crippen LogP contribution in [0.3, 0.4) is 0 Å². The molecule has 82 valence electrons. The van der Waals surface area contributed by atoms with Crippen LogP contribution in [0.25, 0.3) is 0 Å². The van der Waals surface area contributed by atoms with Crippen LogP contribution in [-0.4, -0.2) is 12.5 Å². The second kappa shape index (κ2) is 4.05. The molecule has 1 aliphatic carbocycles. The van der Waals surface area contributed by atoms with Crippen LogP contribution in [0.4, 0.5) is 0 Å². The molecule has 2 heteroatoms. The van der Waals surface area contributed by atoms with Gasteiger partial charge in [0, 0.05) is 6.72 Å². The summed E-state index contributed by atoms with van der Waals surface area (Å²) in [5.74, 6) is 0.883. The molecule has 1 aliphatic rings. The average molecular weight is 226 g/mol. The van der Waals surface area contributed by atoms with Crippen LogP contribution in [0.5, 0.6) is 5.75 Å². The number of aryl methyl sites for hydroxylation is 1. The zero-order chi connectivity index (χ0) is 11.8. The van der Waals surface area contributed by atoms with E-state index in [1.165, 1.54) is 5.56 Å². The van der Waals surface area contributed by atoms with Gasteiger partial charge in [-0.15, -0.1) is 11.6 Å². The molecule has 0 heterocycles. The molecule has 1 aromatic carbocycles. The van der Waals surface area contributed by atoms with Crippen molar-refractivity contribution in [2.45, 2.75) is 31.5 Å². The summed E-state index contributed by atoms with van der Waals surface area (Å²) in [4.78, 5) is 0. The van der Waals surface area contributed by atoms with Gasteiger partial charge in [-0.25, -0.2) is 0 Å². The summed E-state index contributed by atoms with van der Waals surface area (Å²) < 4.78 is 12.9. The van der Waals surface area contributed by atoms with Crippen LogP contribution < -0.4 is 4.74 Å². The summed E-state index contributed by atoms with van der Waals surface area (Å²) in [5.41, 5.74) is 1.27. The van der Waals surface area contributed by atoms with E-state index in [1.54, 1.807) is 7.11 Å². The van der Waals surface area contributed by atoms with Gasteiger partial charge in [0.05, 0.1) is 7.11 Å². The molecule has 0 saturated heterocycles. The van der Waals surface area contributed by atoms with Crippen LogP contribution in [0.2, 0.25) is 0 Å². The number of ether oxygens (including phenoxy) is 1. The van der Waals surface area contributed by atoms with Crippen molar-refractivity contribution in [3.05, 3.63) is 29.8 Å². The molecule has 0 aliphatic heterocycles. The van der Waals surface area contributed by atoms with Crippen molar-refractivity contribution in [2.75, 3.05) is 7.11 Å². The third-order valence-electron chi connectivity index (χ3n) is 3.20. The molecule has 15 heavy (non-hydrogen) atoms. The predicted octanol–water partition coefficient (Wildman–Crippen LogP) is 3.65. The van der Waals surface area contributed by atoms with Gasteiger partial charge in [0.25, 0.3) is 0 Å². The van der Waals surface area contributed by atoms with Gasteiger partial charge >= 0.3 is 0 Å². The van der Waals surface area contributed by atoms with Gasteiger partial charge in [-0.3, -0.25) is 0 Å². The summed E-state index contributed by atoms with van der Waals surface area (Å²) in [6, 6.07) is 8.09. The van der Waals surface area contributed by atoms with E-state index in [0.717, 1.165) is 25.0 Å². The first-order chi connectivity index (χ1) is 7.47. The third-order valence-corrected chi connectivity index (χ3v) is 3.79. The molecular formula is C13H17ClO. The minimum atomic E-state index is -0.723. The number of hydrogen-bond acceptors (Lipinski definition) is 1. The van der Waals surface area contributed by atoms with E-state index in [-0.39, 0.29) is 5.41 Å². The first kappa shape index (κ1) is 9.53. The Labute approximate surface area is 97.8 Å². The third kappa shape index (κ3) is 2.46. The molecule has 2 rings (SSSR count). The molecule has 1 nitrogen and oxygen atoms in total. The minimum Gasteiger partial charge on any atom is -0.497 e. The molecule has 0 bridgehead atoms. The van der Waals surface area contributed by atoms with Crippen LogP contribution in [0.15, 0.2) is 24.3 Å². The van der Waals surface area contributed by atoms with Crippen LogP contribution >= 0.6 is 11.6 Å². The highest BCUT2D eigenvalue weighted by Gasteiger charge is 2.47. The van der Waals surface area contributed by atoms with Gasteiger partial charge < -0.3 is 4.74 Å². The standard InChI is InChI=1S/C13H17ClO/c1-13(9-12(13)14)8-7-10-3-5-11(15-2)6-4-10/h3-6,12H,7-9H2,1-2H3/t12-,13-/m1/s1/i12D. The molecule has 1 fully saturated rings. The fraction of sp³-hybridized carbons (Fsp3) is 0.538. The monoisotopic (exact) mass is 225 g/mol. The SMILES string of the molecule is [2H][C@@]1(Cl)C[C@@]1(C)CCc1ccc(OC)cc1. The highest BCUT2D eigenvalue weighted by atomic mass is 35.5. The zero-order valence-electron chi connectivity index (χ0n) is 10.2. The Kier molecular flexibility index (Phi) is 2.57. The fourth-order valence-corrected chi connectivity index (χ4v) is 2.12. The lowest BCUT2D eigenvalue weighted by molar-refractivity contribution is 0.414. The highest BCUT2D eigenvalue weighted by molar-refractivity contribution is 6.23. The number of methoxy groups -OCH3 is 1. The Morgan fingerprint density at radius 2 is 2.13 bits per heavy atom. The van der Waals surface area contributed by atoms with Crippen LogP contribution in [0, 0.1) is 5.41 Å². The molecule has 0 aromatic heterocycles. The molecule has 1 aromatic rings. The normalized spacial score (nSPS) is 34.7. The number of hydrogen-bond donors (Lipinski definition) is 0. The smallest absolute Gasteiger partial charge is 0.118 e. The topological polar surface area (TPSA) is 9.23 Å². The van der Waals surface area contributed by atoms with Crippen molar-refractivity contribution in [1.29, 1.82) is 0 Å². The second-order valence-electron chi connectivity index (χ2n) is 4.49. The van der Waals surface area contributed by atoms with Crippen molar-refractivity contribution >= 4 is 11.6 Å². The summed E-state index contributed by atoms with van der Waals surface area (Å²) in [7, 11) is 1.67. The van der Waals surface area contributed by atoms with Gasteiger partial charge in [-0.2, -0.15) is 0 Å². The Morgan fingerprint density at radius 1 is 1.53 bits per heavy atom. The Morgan fingerprint density at radius 3 is 2.60 bits per heavy atom. The second-order valence-corrected chi connectivity index (χ2v) is 4.95. The van der Waals surface area contributed by atoms with E-state index in [0.29, 0.717) is 0 Å². The fourth-order valence-electron chi connectivity index (χ4n) is 1.73. The quantitative estimate of drug-likeness (QED) is 0.711. The Balaban J connectivity index is 1.91. The molecular weight excluding hydrogens is 208 g/mol. The molecule has 0 N–H and O–H groups in total. The molecule has 0 spiro atoms. The maximum atomic E-state index is 7.78. The number of alkyl halides is 1. The molecule has 2 atom stereocenters. The first-order valence-corrected chi connectivity index (χ1v) is 5.66. The average Bonchev–Trinajstić information content (AvgIpc) is 2.76. The first-order valence-electron chi connectivity index (χ1n) is 5.79. The van der Waals surface area contributed by atoms with E-state index >= 15 is 0 Å². The molecule has 0 radical (unpaired) electrons. The number of benzene rings is 1.